The number of aliphatic hydroxyl groups excluding tert-OH is 1. The van der Waals surface area contributed by atoms with E-state index in [9.17, 15) is 9.90 Å². The second-order valence-electron chi connectivity index (χ2n) is 3.49. The molecule has 0 saturated heterocycles. The van der Waals surface area contributed by atoms with E-state index >= 15 is 0 Å². The average Bonchev–Trinajstić information content (AvgIpc) is 2.26. The summed E-state index contributed by atoms with van der Waals surface area (Å²) in [4.78, 5) is 15.1. The largest absolute Gasteiger partial charge is 0.475 e. The Hall–Kier alpha value is -1.62. The maximum Gasteiger partial charge on any atom is 0.341 e. The van der Waals surface area contributed by atoms with E-state index in [2.05, 4.69) is 9.72 Å². The first-order chi connectivity index (χ1) is 7.54. The van der Waals surface area contributed by atoms with Crippen LogP contribution in [0.3, 0.4) is 0 Å². The second-order valence-corrected chi connectivity index (χ2v) is 3.49. The molecule has 1 rings (SSSR count). The molecule has 1 atom stereocenters. The molecular formula is C11H15NO4. The summed E-state index contributed by atoms with van der Waals surface area (Å²) >= 11 is 0. The van der Waals surface area contributed by atoms with Crippen molar-refractivity contribution in [3.05, 3.63) is 23.9 Å². The van der Waals surface area contributed by atoms with Crippen molar-refractivity contribution in [1.29, 1.82) is 0 Å². The van der Waals surface area contributed by atoms with Crippen LogP contribution in [0, 0.1) is 0 Å². The van der Waals surface area contributed by atoms with Gasteiger partial charge in [0.1, 0.15) is 0 Å². The second kappa shape index (κ2) is 5.46. The van der Waals surface area contributed by atoms with Crippen LogP contribution >= 0.6 is 0 Å². The van der Waals surface area contributed by atoms with Crippen LogP contribution in [0.1, 0.15) is 25.6 Å². The van der Waals surface area contributed by atoms with Crippen molar-refractivity contribution < 1.29 is 19.4 Å². The maximum absolute atomic E-state index is 11.1. The minimum atomic E-state index is -1.37. The Morgan fingerprint density at radius 3 is 2.69 bits per heavy atom. The zero-order chi connectivity index (χ0) is 12.1. The quantitative estimate of drug-likeness (QED) is 0.776. The lowest BCUT2D eigenvalue weighted by Crippen LogP contribution is -2.15. The summed E-state index contributed by atoms with van der Waals surface area (Å²) in [5.41, 5.74) is 0.213. The van der Waals surface area contributed by atoms with Gasteiger partial charge in [-0.25, -0.2) is 9.78 Å². The Bertz CT molecular complexity index is 365. The number of rotatable bonds is 4. The summed E-state index contributed by atoms with van der Waals surface area (Å²) in [6.07, 6.45) is -1.39. The van der Waals surface area contributed by atoms with E-state index in [0.717, 1.165) is 0 Å². The summed E-state index contributed by atoms with van der Waals surface area (Å²) in [5.74, 6) is -0.371. The highest BCUT2D eigenvalue weighted by molar-refractivity contribution is 5.75. The smallest absolute Gasteiger partial charge is 0.341 e. The predicted molar refractivity (Wildman–Crippen MR) is 57.0 cm³/mol. The van der Waals surface area contributed by atoms with Gasteiger partial charge in [0.2, 0.25) is 5.88 Å². The molecule has 0 amide bonds. The van der Waals surface area contributed by atoms with Crippen molar-refractivity contribution in [3.63, 3.8) is 0 Å². The number of aromatic nitrogens is 1. The SMILES string of the molecule is COC(=O)C(O)c1cccc(OC(C)C)n1. The Morgan fingerprint density at radius 1 is 1.44 bits per heavy atom. The van der Waals surface area contributed by atoms with Gasteiger partial charge in [0, 0.05) is 6.07 Å². The highest BCUT2D eigenvalue weighted by Crippen LogP contribution is 2.16. The Morgan fingerprint density at radius 2 is 2.12 bits per heavy atom. The Kier molecular flexibility index (Phi) is 4.25. The first-order valence-corrected chi connectivity index (χ1v) is 4.94. The van der Waals surface area contributed by atoms with Gasteiger partial charge in [-0.05, 0) is 19.9 Å². The van der Waals surface area contributed by atoms with Gasteiger partial charge in [0.25, 0.3) is 0 Å². The van der Waals surface area contributed by atoms with Crippen molar-refractivity contribution in [2.45, 2.75) is 26.1 Å². The fourth-order valence-electron chi connectivity index (χ4n) is 1.12. The van der Waals surface area contributed by atoms with Gasteiger partial charge < -0.3 is 14.6 Å². The molecule has 0 aliphatic heterocycles. The third-order valence-electron chi connectivity index (χ3n) is 1.81. The molecule has 1 aromatic rings. The third-order valence-corrected chi connectivity index (χ3v) is 1.81. The molecule has 1 heterocycles. The minimum Gasteiger partial charge on any atom is -0.475 e. The molecule has 0 aliphatic rings. The number of hydrogen-bond acceptors (Lipinski definition) is 5. The Labute approximate surface area is 94.0 Å². The summed E-state index contributed by atoms with van der Waals surface area (Å²) in [6, 6.07) is 4.86. The molecule has 5 heteroatoms. The van der Waals surface area contributed by atoms with E-state index in [1.54, 1.807) is 12.1 Å². The number of esters is 1. The molecule has 0 aliphatic carbocycles. The van der Waals surface area contributed by atoms with Crippen molar-refractivity contribution >= 4 is 5.97 Å². The van der Waals surface area contributed by atoms with Crippen LogP contribution in [0.5, 0.6) is 5.88 Å². The van der Waals surface area contributed by atoms with Gasteiger partial charge in [0.05, 0.1) is 18.9 Å². The number of ether oxygens (including phenoxy) is 2. The number of nitrogens with zero attached hydrogens (tertiary/aromatic N) is 1. The van der Waals surface area contributed by atoms with Crippen molar-refractivity contribution in [3.8, 4) is 5.88 Å². The molecule has 16 heavy (non-hydrogen) atoms. The van der Waals surface area contributed by atoms with Crippen LogP contribution in [0.4, 0.5) is 0 Å². The molecule has 0 saturated carbocycles. The van der Waals surface area contributed by atoms with E-state index < -0.39 is 12.1 Å². The summed E-state index contributed by atoms with van der Waals surface area (Å²) in [7, 11) is 1.21. The zero-order valence-electron chi connectivity index (χ0n) is 9.51. The molecule has 0 spiro atoms. The molecule has 88 valence electrons. The highest BCUT2D eigenvalue weighted by Gasteiger charge is 2.19. The lowest BCUT2D eigenvalue weighted by atomic mass is 10.2. The van der Waals surface area contributed by atoms with Gasteiger partial charge in [-0.1, -0.05) is 6.07 Å². The van der Waals surface area contributed by atoms with Crippen LogP contribution in [0.2, 0.25) is 0 Å². The van der Waals surface area contributed by atoms with Gasteiger partial charge in [-0.2, -0.15) is 0 Å². The average molecular weight is 225 g/mol. The lowest BCUT2D eigenvalue weighted by molar-refractivity contribution is -0.150. The first-order valence-electron chi connectivity index (χ1n) is 4.94. The number of pyridine rings is 1. The number of carbonyl (C=O) groups excluding carboxylic acids is 1. The highest BCUT2D eigenvalue weighted by atomic mass is 16.5. The van der Waals surface area contributed by atoms with Gasteiger partial charge >= 0.3 is 5.97 Å². The molecule has 1 aromatic heterocycles. The third kappa shape index (κ3) is 3.20. The van der Waals surface area contributed by atoms with Crippen LogP contribution < -0.4 is 4.74 Å². The normalized spacial score (nSPS) is 12.3. The van der Waals surface area contributed by atoms with Crippen LogP contribution in [0.15, 0.2) is 18.2 Å². The zero-order valence-corrected chi connectivity index (χ0v) is 9.51. The summed E-state index contributed by atoms with van der Waals surface area (Å²) < 4.78 is 9.76. The molecule has 0 radical (unpaired) electrons. The van der Waals surface area contributed by atoms with Crippen LogP contribution in [-0.4, -0.2) is 29.3 Å². The minimum absolute atomic E-state index is 0.0157. The van der Waals surface area contributed by atoms with E-state index in [4.69, 9.17) is 4.74 Å². The number of methoxy groups -OCH3 is 1. The van der Waals surface area contributed by atoms with Crippen molar-refractivity contribution in [1.82, 2.24) is 4.98 Å². The number of hydrogen-bond donors (Lipinski definition) is 1. The molecule has 0 bridgehead atoms. The fourth-order valence-corrected chi connectivity index (χ4v) is 1.12. The number of aliphatic hydroxyl groups is 1. The molecule has 1 N–H and O–H groups in total. The summed E-state index contributed by atoms with van der Waals surface area (Å²) in [6.45, 7) is 3.73. The molecule has 5 nitrogen and oxygen atoms in total. The van der Waals surface area contributed by atoms with E-state index in [-0.39, 0.29) is 11.8 Å². The van der Waals surface area contributed by atoms with Gasteiger partial charge in [-0.15, -0.1) is 0 Å². The number of carbonyl (C=O) groups is 1. The molecule has 0 aromatic carbocycles. The monoisotopic (exact) mass is 225 g/mol. The van der Waals surface area contributed by atoms with E-state index in [1.165, 1.54) is 13.2 Å². The van der Waals surface area contributed by atoms with E-state index in [0.29, 0.717) is 5.88 Å². The van der Waals surface area contributed by atoms with E-state index in [1.807, 2.05) is 13.8 Å². The van der Waals surface area contributed by atoms with Crippen LogP contribution in [-0.2, 0) is 9.53 Å². The summed E-state index contributed by atoms with van der Waals surface area (Å²) in [5, 5.41) is 9.56. The van der Waals surface area contributed by atoms with Crippen molar-refractivity contribution in [2.24, 2.45) is 0 Å². The molecular weight excluding hydrogens is 210 g/mol. The van der Waals surface area contributed by atoms with Crippen LogP contribution in [0.25, 0.3) is 0 Å². The van der Waals surface area contributed by atoms with Crippen molar-refractivity contribution in [2.75, 3.05) is 7.11 Å². The molecule has 1 unspecified atom stereocenters. The fraction of sp³-hybridized carbons (Fsp3) is 0.455. The lowest BCUT2D eigenvalue weighted by Gasteiger charge is -2.11. The predicted octanol–water partition coefficient (Wildman–Crippen LogP) is 1.08. The maximum atomic E-state index is 11.1. The van der Waals surface area contributed by atoms with Gasteiger partial charge in [-0.3, -0.25) is 0 Å². The molecule has 0 fully saturated rings. The topological polar surface area (TPSA) is 68.7 Å². The van der Waals surface area contributed by atoms with Gasteiger partial charge in [0.15, 0.2) is 6.10 Å². The standard InChI is InChI=1S/C11H15NO4/c1-7(2)16-9-6-4-5-8(12-9)10(13)11(14)15-3/h4-7,10,13H,1-3H3. The first kappa shape index (κ1) is 12.4. The Balaban J connectivity index is 2.85.